The number of carbonyl (C=O) groups excluding carboxylic acids is 2. The van der Waals surface area contributed by atoms with Gasteiger partial charge in [-0.25, -0.2) is 4.79 Å². The zero-order valence-corrected chi connectivity index (χ0v) is 22.3. The van der Waals surface area contributed by atoms with E-state index in [1.54, 1.807) is 0 Å². The third-order valence-electron chi connectivity index (χ3n) is 8.34. The van der Waals surface area contributed by atoms with Crippen LogP contribution >= 0.6 is 0 Å². The van der Waals surface area contributed by atoms with E-state index in [0.29, 0.717) is 19.0 Å². The molecular formula is C29H41N3O4. The molecule has 0 spiro atoms. The van der Waals surface area contributed by atoms with Crippen molar-refractivity contribution < 1.29 is 19.1 Å². The molecule has 2 aromatic rings. The van der Waals surface area contributed by atoms with Crippen LogP contribution in [-0.2, 0) is 29.4 Å². The zero-order valence-electron chi connectivity index (χ0n) is 22.3. The number of nitrogens with one attached hydrogen (secondary N) is 1. The molecule has 3 aliphatic rings. The van der Waals surface area contributed by atoms with E-state index in [1.165, 1.54) is 41.4 Å². The van der Waals surface area contributed by atoms with Gasteiger partial charge in [0.2, 0.25) is 0 Å². The molecule has 1 atom stereocenters. The number of piperidine rings is 1. The number of nitrogens with zero attached hydrogens (tertiary/aromatic N) is 2. The summed E-state index contributed by atoms with van der Waals surface area (Å²) < 4.78 is 13.3. The lowest BCUT2D eigenvalue weighted by Crippen LogP contribution is -2.47. The van der Waals surface area contributed by atoms with Crippen molar-refractivity contribution in [2.24, 2.45) is 18.9 Å². The van der Waals surface area contributed by atoms with Crippen molar-refractivity contribution in [3.63, 3.8) is 0 Å². The summed E-state index contributed by atoms with van der Waals surface area (Å²) in [6, 6.07) is 6.28. The molecule has 1 aliphatic carbocycles. The SMILES string of the molecule is Cn1c2c(c3cc(C(=O)N4CCC(NC(=O)OC(C)(C)C)CC4)ccc31)CC(C1CCOCC1)CC2. The second kappa shape index (κ2) is 10.1. The molecule has 2 aliphatic heterocycles. The summed E-state index contributed by atoms with van der Waals surface area (Å²) in [6.07, 6.45) is 6.91. The highest BCUT2D eigenvalue weighted by atomic mass is 16.6. The van der Waals surface area contributed by atoms with Crippen LogP contribution in [0.5, 0.6) is 0 Å². The van der Waals surface area contributed by atoms with Crippen LogP contribution in [0.4, 0.5) is 4.79 Å². The van der Waals surface area contributed by atoms with Crippen molar-refractivity contribution >= 4 is 22.9 Å². The Morgan fingerprint density at radius 2 is 1.75 bits per heavy atom. The maximum Gasteiger partial charge on any atom is 0.407 e. The second-order valence-corrected chi connectivity index (χ2v) is 11.9. The molecule has 196 valence electrons. The van der Waals surface area contributed by atoms with E-state index in [2.05, 4.69) is 29.1 Å². The molecule has 0 radical (unpaired) electrons. The fourth-order valence-corrected chi connectivity index (χ4v) is 6.41. The Morgan fingerprint density at radius 1 is 1.03 bits per heavy atom. The quantitative estimate of drug-likeness (QED) is 0.661. The lowest BCUT2D eigenvalue weighted by Gasteiger charge is -2.33. The van der Waals surface area contributed by atoms with Crippen LogP contribution < -0.4 is 5.32 Å². The van der Waals surface area contributed by atoms with Crippen LogP contribution in [0.25, 0.3) is 10.9 Å². The predicted octanol–water partition coefficient (Wildman–Crippen LogP) is 4.84. The fourth-order valence-electron chi connectivity index (χ4n) is 6.41. The Balaban J connectivity index is 1.27. The van der Waals surface area contributed by atoms with Crippen molar-refractivity contribution in [1.29, 1.82) is 0 Å². The summed E-state index contributed by atoms with van der Waals surface area (Å²) in [5.74, 6) is 1.55. The first-order chi connectivity index (χ1) is 17.2. The summed E-state index contributed by atoms with van der Waals surface area (Å²) in [5.41, 5.74) is 4.37. The van der Waals surface area contributed by atoms with E-state index < -0.39 is 5.60 Å². The molecule has 1 unspecified atom stereocenters. The maximum atomic E-state index is 13.4. The number of aryl methyl sites for hydroxylation is 1. The molecule has 1 N–H and O–H groups in total. The van der Waals surface area contributed by atoms with Crippen molar-refractivity contribution in [2.45, 2.75) is 77.4 Å². The molecule has 2 fully saturated rings. The van der Waals surface area contributed by atoms with Gasteiger partial charge in [-0.2, -0.15) is 0 Å². The van der Waals surface area contributed by atoms with E-state index in [-0.39, 0.29) is 18.0 Å². The van der Waals surface area contributed by atoms with Crippen LogP contribution in [0.3, 0.4) is 0 Å². The highest BCUT2D eigenvalue weighted by Crippen LogP contribution is 2.39. The lowest BCUT2D eigenvalue weighted by molar-refractivity contribution is 0.0438. The number of hydrogen-bond donors (Lipinski definition) is 1. The van der Waals surface area contributed by atoms with Gasteiger partial charge in [0.1, 0.15) is 5.60 Å². The van der Waals surface area contributed by atoms with Crippen LogP contribution in [0.1, 0.15) is 74.5 Å². The summed E-state index contributed by atoms with van der Waals surface area (Å²) in [7, 11) is 2.17. The van der Waals surface area contributed by atoms with Gasteiger partial charge in [-0.05, 0) is 101 Å². The third kappa shape index (κ3) is 5.26. The summed E-state index contributed by atoms with van der Waals surface area (Å²) in [4.78, 5) is 27.5. The predicted molar refractivity (Wildman–Crippen MR) is 140 cm³/mol. The van der Waals surface area contributed by atoms with E-state index in [9.17, 15) is 9.59 Å². The Morgan fingerprint density at radius 3 is 2.44 bits per heavy atom. The van der Waals surface area contributed by atoms with E-state index >= 15 is 0 Å². The standard InChI is InChI=1S/C29H41N3O4/c1-29(2,3)36-28(34)30-22-9-13-32(14-10-22)27(33)21-6-8-26-24(18-21)23-17-20(5-7-25(23)31(26)4)19-11-15-35-16-12-19/h6,8,18-20,22H,5,7,9-17H2,1-4H3,(H,30,34). The van der Waals surface area contributed by atoms with Gasteiger partial charge in [-0.1, -0.05) is 0 Å². The van der Waals surface area contributed by atoms with E-state index in [4.69, 9.17) is 9.47 Å². The molecule has 2 amide bonds. The average Bonchev–Trinajstić information content (AvgIpc) is 3.14. The first kappa shape index (κ1) is 25.1. The molecule has 36 heavy (non-hydrogen) atoms. The number of aromatic nitrogens is 1. The molecule has 0 saturated carbocycles. The summed E-state index contributed by atoms with van der Waals surface area (Å²) >= 11 is 0. The van der Waals surface area contributed by atoms with E-state index in [1.807, 2.05) is 31.7 Å². The Bertz CT molecular complexity index is 1120. The number of likely N-dealkylation sites (tertiary alicyclic amines) is 1. The van der Waals surface area contributed by atoms with Crippen LogP contribution in [0.15, 0.2) is 18.2 Å². The van der Waals surface area contributed by atoms with Crippen molar-refractivity contribution in [3.05, 3.63) is 35.0 Å². The van der Waals surface area contributed by atoms with Gasteiger partial charge in [-0.3, -0.25) is 4.79 Å². The van der Waals surface area contributed by atoms with Gasteiger partial charge in [-0.15, -0.1) is 0 Å². The molecule has 0 bridgehead atoms. The molecule has 1 aromatic heterocycles. The van der Waals surface area contributed by atoms with Crippen molar-refractivity contribution in [3.8, 4) is 0 Å². The van der Waals surface area contributed by atoms with Crippen LogP contribution in [-0.4, -0.2) is 59.4 Å². The highest BCUT2D eigenvalue weighted by Gasteiger charge is 2.31. The van der Waals surface area contributed by atoms with Crippen molar-refractivity contribution in [1.82, 2.24) is 14.8 Å². The van der Waals surface area contributed by atoms with Gasteiger partial charge in [0.15, 0.2) is 0 Å². The number of alkyl carbamates (subject to hydrolysis) is 1. The molecule has 3 heterocycles. The number of amides is 2. The monoisotopic (exact) mass is 495 g/mol. The Hall–Kier alpha value is -2.54. The summed E-state index contributed by atoms with van der Waals surface area (Å²) in [6.45, 7) is 8.64. The van der Waals surface area contributed by atoms with Gasteiger partial charge in [0.05, 0.1) is 0 Å². The van der Waals surface area contributed by atoms with E-state index in [0.717, 1.165) is 50.4 Å². The second-order valence-electron chi connectivity index (χ2n) is 11.9. The average molecular weight is 496 g/mol. The normalized spacial score (nSPS) is 21.9. The van der Waals surface area contributed by atoms with Gasteiger partial charge < -0.3 is 24.3 Å². The minimum atomic E-state index is -0.513. The maximum absolute atomic E-state index is 13.4. The smallest absolute Gasteiger partial charge is 0.407 e. The third-order valence-corrected chi connectivity index (χ3v) is 8.34. The molecule has 5 rings (SSSR count). The van der Waals surface area contributed by atoms with Gasteiger partial charge in [0, 0.05) is 61.6 Å². The number of fused-ring (bicyclic) bond motifs is 3. The largest absolute Gasteiger partial charge is 0.444 e. The lowest BCUT2D eigenvalue weighted by atomic mass is 9.75. The minimum absolute atomic E-state index is 0.0367. The number of benzene rings is 1. The molecular weight excluding hydrogens is 454 g/mol. The topological polar surface area (TPSA) is 72.8 Å². The Labute approximate surface area is 214 Å². The Kier molecular flexibility index (Phi) is 7.03. The minimum Gasteiger partial charge on any atom is -0.444 e. The highest BCUT2D eigenvalue weighted by molar-refractivity contribution is 5.99. The van der Waals surface area contributed by atoms with Crippen LogP contribution in [0.2, 0.25) is 0 Å². The number of hydrogen-bond acceptors (Lipinski definition) is 4. The number of carbonyl (C=O) groups is 2. The molecule has 7 nitrogen and oxygen atoms in total. The molecule has 1 aromatic carbocycles. The summed E-state index contributed by atoms with van der Waals surface area (Å²) in [5, 5.41) is 4.20. The fraction of sp³-hybridized carbons (Fsp3) is 0.655. The van der Waals surface area contributed by atoms with Gasteiger partial charge >= 0.3 is 6.09 Å². The first-order valence-corrected chi connectivity index (χ1v) is 13.7. The van der Waals surface area contributed by atoms with Gasteiger partial charge in [0.25, 0.3) is 5.91 Å². The first-order valence-electron chi connectivity index (χ1n) is 13.7. The molecule has 7 heteroatoms. The molecule has 2 saturated heterocycles. The zero-order chi connectivity index (χ0) is 25.4. The van der Waals surface area contributed by atoms with Crippen LogP contribution in [0, 0.1) is 11.8 Å². The van der Waals surface area contributed by atoms with Crippen molar-refractivity contribution in [2.75, 3.05) is 26.3 Å². The number of ether oxygens (including phenoxy) is 2. The number of rotatable bonds is 3.